The van der Waals surface area contributed by atoms with Gasteiger partial charge in [0, 0.05) is 18.2 Å². The number of nitrogens with one attached hydrogen (secondary N) is 1. The maximum absolute atomic E-state index is 12.1. The van der Waals surface area contributed by atoms with E-state index in [-0.39, 0.29) is 18.3 Å². The Morgan fingerprint density at radius 1 is 1.07 bits per heavy atom. The fourth-order valence-electron chi connectivity index (χ4n) is 2.71. The molecule has 0 saturated heterocycles. The number of amides is 1. The van der Waals surface area contributed by atoms with Crippen molar-refractivity contribution >= 4 is 28.7 Å². The summed E-state index contributed by atoms with van der Waals surface area (Å²) in [5, 5.41) is 3.61. The minimum atomic E-state index is -0.213. The summed E-state index contributed by atoms with van der Waals surface area (Å²) in [6, 6.07) is 15.1. The average molecular weight is 394 g/mol. The number of ether oxygens (including phenoxy) is 1. The molecule has 6 heteroatoms. The number of nitrogens with zero attached hydrogens (tertiary/aromatic N) is 1. The van der Waals surface area contributed by atoms with Gasteiger partial charge in [-0.3, -0.25) is 9.59 Å². The Balaban J connectivity index is 1.57. The molecule has 0 unspecified atom stereocenters. The molecule has 1 aromatic heterocycles. The predicted molar refractivity (Wildman–Crippen MR) is 112 cm³/mol. The van der Waals surface area contributed by atoms with Crippen LogP contribution in [0.15, 0.2) is 48.5 Å². The van der Waals surface area contributed by atoms with E-state index < -0.39 is 0 Å². The lowest BCUT2D eigenvalue weighted by atomic mass is 10.1. The van der Waals surface area contributed by atoms with Crippen LogP contribution in [0.25, 0.3) is 10.6 Å². The number of Topliss-reactive ketones (excluding diaryl/α,β-unsaturated/α-hetero) is 1. The SMILES string of the molecule is CCc1ccc(NC(=O)COc2ccc(-c3nc(C)c(C(C)=O)s3)cc2)cc1. The lowest BCUT2D eigenvalue weighted by Crippen LogP contribution is -2.20. The molecule has 3 aromatic rings. The first-order valence-electron chi connectivity index (χ1n) is 9.06. The molecule has 3 rings (SSSR count). The Hall–Kier alpha value is -2.99. The van der Waals surface area contributed by atoms with Crippen molar-refractivity contribution in [1.29, 1.82) is 0 Å². The van der Waals surface area contributed by atoms with Crippen LogP contribution in [0, 0.1) is 6.92 Å². The summed E-state index contributed by atoms with van der Waals surface area (Å²) < 4.78 is 5.56. The predicted octanol–water partition coefficient (Wildman–Crippen LogP) is 4.90. The minimum Gasteiger partial charge on any atom is -0.484 e. The molecule has 0 aliphatic carbocycles. The molecule has 1 heterocycles. The van der Waals surface area contributed by atoms with Crippen LogP contribution >= 0.6 is 11.3 Å². The third-order valence-electron chi connectivity index (χ3n) is 4.23. The molecule has 2 aromatic carbocycles. The second-order valence-corrected chi connectivity index (χ2v) is 7.40. The van der Waals surface area contributed by atoms with Gasteiger partial charge >= 0.3 is 0 Å². The van der Waals surface area contributed by atoms with E-state index in [2.05, 4.69) is 17.2 Å². The van der Waals surface area contributed by atoms with Gasteiger partial charge in [0.25, 0.3) is 5.91 Å². The molecule has 0 spiro atoms. The third-order valence-corrected chi connectivity index (χ3v) is 5.54. The molecule has 28 heavy (non-hydrogen) atoms. The average Bonchev–Trinajstić information content (AvgIpc) is 3.09. The zero-order chi connectivity index (χ0) is 20.1. The van der Waals surface area contributed by atoms with Gasteiger partial charge < -0.3 is 10.1 Å². The van der Waals surface area contributed by atoms with Gasteiger partial charge in [0.15, 0.2) is 12.4 Å². The van der Waals surface area contributed by atoms with Gasteiger partial charge in [0.05, 0.1) is 10.6 Å². The summed E-state index contributed by atoms with van der Waals surface area (Å²) in [6.07, 6.45) is 0.962. The highest BCUT2D eigenvalue weighted by Crippen LogP contribution is 2.29. The number of aromatic nitrogens is 1. The third kappa shape index (κ3) is 4.84. The van der Waals surface area contributed by atoms with Crippen molar-refractivity contribution in [3.63, 3.8) is 0 Å². The zero-order valence-corrected chi connectivity index (χ0v) is 16.9. The Labute approximate surface area is 168 Å². The van der Waals surface area contributed by atoms with Crippen molar-refractivity contribution in [2.24, 2.45) is 0 Å². The van der Waals surface area contributed by atoms with E-state index >= 15 is 0 Å². The highest BCUT2D eigenvalue weighted by Gasteiger charge is 2.13. The summed E-state index contributed by atoms with van der Waals surface area (Å²) in [6.45, 7) is 5.40. The first-order valence-corrected chi connectivity index (χ1v) is 9.88. The van der Waals surface area contributed by atoms with Gasteiger partial charge in [0.1, 0.15) is 10.8 Å². The number of aryl methyl sites for hydroxylation is 2. The van der Waals surface area contributed by atoms with Crippen LogP contribution in [0.4, 0.5) is 5.69 Å². The van der Waals surface area contributed by atoms with Crippen LogP contribution in [-0.2, 0) is 11.2 Å². The molecule has 0 saturated carbocycles. The topological polar surface area (TPSA) is 68.3 Å². The van der Waals surface area contributed by atoms with E-state index in [1.54, 1.807) is 19.1 Å². The van der Waals surface area contributed by atoms with E-state index in [4.69, 9.17) is 4.74 Å². The van der Waals surface area contributed by atoms with Crippen molar-refractivity contribution in [2.75, 3.05) is 11.9 Å². The van der Waals surface area contributed by atoms with E-state index in [1.807, 2.05) is 43.3 Å². The first kappa shape index (κ1) is 19.8. The molecule has 0 atom stereocenters. The Morgan fingerprint density at radius 3 is 2.32 bits per heavy atom. The van der Waals surface area contributed by atoms with Crippen molar-refractivity contribution in [3.05, 3.63) is 64.7 Å². The summed E-state index contributed by atoms with van der Waals surface area (Å²) in [7, 11) is 0. The van der Waals surface area contributed by atoms with Gasteiger partial charge in [-0.2, -0.15) is 0 Å². The Morgan fingerprint density at radius 2 is 1.75 bits per heavy atom. The van der Waals surface area contributed by atoms with E-state index in [0.717, 1.165) is 28.4 Å². The Kier molecular flexibility index (Phi) is 6.21. The summed E-state index contributed by atoms with van der Waals surface area (Å²) in [5.41, 5.74) is 3.63. The monoisotopic (exact) mass is 394 g/mol. The molecular weight excluding hydrogens is 372 g/mol. The second kappa shape index (κ2) is 8.80. The lowest BCUT2D eigenvalue weighted by Gasteiger charge is -2.08. The summed E-state index contributed by atoms with van der Waals surface area (Å²) >= 11 is 1.38. The van der Waals surface area contributed by atoms with Crippen molar-refractivity contribution in [2.45, 2.75) is 27.2 Å². The standard InChI is InChI=1S/C22H22N2O3S/c1-4-16-5-9-18(10-6-16)24-20(26)13-27-19-11-7-17(8-12-19)22-23-14(2)21(28-22)15(3)25/h5-12H,4,13H2,1-3H3,(H,24,26). The summed E-state index contributed by atoms with van der Waals surface area (Å²) in [5.74, 6) is 0.409. The van der Waals surface area contributed by atoms with Crippen molar-refractivity contribution < 1.29 is 14.3 Å². The van der Waals surface area contributed by atoms with Crippen LogP contribution in [0.2, 0.25) is 0 Å². The van der Waals surface area contributed by atoms with Crippen LogP contribution < -0.4 is 10.1 Å². The smallest absolute Gasteiger partial charge is 0.262 e. The number of rotatable bonds is 7. The maximum Gasteiger partial charge on any atom is 0.262 e. The quantitative estimate of drug-likeness (QED) is 0.579. The molecular formula is C22H22N2O3S. The van der Waals surface area contributed by atoms with E-state index in [0.29, 0.717) is 10.6 Å². The number of benzene rings is 2. The number of carbonyl (C=O) groups is 2. The minimum absolute atomic E-state index is 0.0246. The molecule has 0 radical (unpaired) electrons. The fraction of sp³-hybridized carbons (Fsp3) is 0.227. The highest BCUT2D eigenvalue weighted by atomic mass is 32.1. The van der Waals surface area contributed by atoms with Gasteiger partial charge in [-0.25, -0.2) is 4.98 Å². The molecule has 0 aliphatic heterocycles. The van der Waals surface area contributed by atoms with Crippen LogP contribution in [0.5, 0.6) is 5.75 Å². The number of hydrogen-bond donors (Lipinski definition) is 1. The van der Waals surface area contributed by atoms with Crippen molar-refractivity contribution in [1.82, 2.24) is 4.98 Å². The molecule has 1 N–H and O–H groups in total. The summed E-state index contributed by atoms with van der Waals surface area (Å²) in [4.78, 5) is 28.8. The van der Waals surface area contributed by atoms with Gasteiger partial charge in [-0.15, -0.1) is 11.3 Å². The number of carbonyl (C=O) groups excluding carboxylic acids is 2. The number of thiazole rings is 1. The molecule has 0 fully saturated rings. The number of anilines is 1. The zero-order valence-electron chi connectivity index (χ0n) is 16.1. The van der Waals surface area contributed by atoms with Crippen LogP contribution in [0.1, 0.15) is 34.8 Å². The molecule has 0 bridgehead atoms. The highest BCUT2D eigenvalue weighted by molar-refractivity contribution is 7.17. The van der Waals surface area contributed by atoms with Gasteiger partial charge in [-0.1, -0.05) is 19.1 Å². The largest absolute Gasteiger partial charge is 0.484 e. The molecule has 144 valence electrons. The number of ketones is 1. The molecule has 0 aliphatic rings. The first-order chi connectivity index (χ1) is 13.5. The lowest BCUT2D eigenvalue weighted by molar-refractivity contribution is -0.118. The second-order valence-electron chi connectivity index (χ2n) is 6.40. The van der Waals surface area contributed by atoms with E-state index in [9.17, 15) is 9.59 Å². The normalized spacial score (nSPS) is 10.5. The number of hydrogen-bond acceptors (Lipinski definition) is 5. The van der Waals surface area contributed by atoms with Gasteiger partial charge in [-0.05, 0) is 55.3 Å². The van der Waals surface area contributed by atoms with Crippen LogP contribution in [0.3, 0.4) is 0 Å². The molecule has 5 nitrogen and oxygen atoms in total. The van der Waals surface area contributed by atoms with Crippen LogP contribution in [-0.4, -0.2) is 23.3 Å². The van der Waals surface area contributed by atoms with Gasteiger partial charge in [0.2, 0.25) is 0 Å². The fourth-order valence-corrected chi connectivity index (χ4v) is 3.68. The molecule has 1 amide bonds. The van der Waals surface area contributed by atoms with Crippen molar-refractivity contribution in [3.8, 4) is 16.3 Å². The maximum atomic E-state index is 12.1. The Bertz CT molecular complexity index is 976. The van der Waals surface area contributed by atoms with E-state index in [1.165, 1.54) is 16.9 Å².